The summed E-state index contributed by atoms with van der Waals surface area (Å²) in [6, 6.07) is 0.333. The van der Waals surface area contributed by atoms with Crippen molar-refractivity contribution in [1.29, 1.82) is 0 Å². The SMILES string of the molecule is [B]C1CC(C)[C@H](N)C1C. The Morgan fingerprint density at radius 3 is 2.11 bits per heavy atom. The van der Waals surface area contributed by atoms with Crippen molar-refractivity contribution >= 4 is 7.85 Å². The Bertz CT molecular complexity index is 93.1. The van der Waals surface area contributed by atoms with Gasteiger partial charge >= 0.3 is 0 Å². The lowest BCUT2D eigenvalue weighted by Crippen LogP contribution is -2.28. The average Bonchev–Trinajstić information content (AvgIpc) is 1.98. The summed E-state index contributed by atoms with van der Waals surface area (Å²) in [7, 11) is 5.78. The molecule has 0 aromatic heterocycles. The van der Waals surface area contributed by atoms with Gasteiger partial charge in [0.2, 0.25) is 0 Å². The maximum Gasteiger partial charge on any atom is 0.0704 e. The van der Waals surface area contributed by atoms with E-state index in [4.69, 9.17) is 13.6 Å². The molecule has 2 N–H and O–H groups in total. The smallest absolute Gasteiger partial charge is 0.0704 e. The van der Waals surface area contributed by atoms with Crippen molar-refractivity contribution in [3.63, 3.8) is 0 Å². The van der Waals surface area contributed by atoms with Gasteiger partial charge < -0.3 is 5.73 Å². The Morgan fingerprint density at radius 2 is 2.00 bits per heavy atom. The van der Waals surface area contributed by atoms with Gasteiger partial charge in [0, 0.05) is 6.04 Å². The Morgan fingerprint density at radius 1 is 1.44 bits per heavy atom. The molecule has 2 heteroatoms. The highest BCUT2D eigenvalue weighted by molar-refractivity contribution is 6.12. The van der Waals surface area contributed by atoms with Crippen molar-refractivity contribution in [2.24, 2.45) is 17.6 Å². The fourth-order valence-electron chi connectivity index (χ4n) is 1.60. The Hall–Kier alpha value is 0.0249. The molecule has 0 heterocycles. The van der Waals surface area contributed by atoms with Gasteiger partial charge in [0.25, 0.3) is 0 Å². The van der Waals surface area contributed by atoms with Crippen LogP contribution in [0.1, 0.15) is 20.3 Å². The third-order valence-corrected chi connectivity index (χ3v) is 2.58. The van der Waals surface area contributed by atoms with E-state index >= 15 is 0 Å². The highest BCUT2D eigenvalue weighted by Gasteiger charge is 2.32. The summed E-state index contributed by atoms with van der Waals surface area (Å²) < 4.78 is 0. The maximum atomic E-state index is 5.83. The van der Waals surface area contributed by atoms with Crippen molar-refractivity contribution in [3.05, 3.63) is 0 Å². The number of hydrogen-bond donors (Lipinski definition) is 1. The van der Waals surface area contributed by atoms with Gasteiger partial charge in [-0.2, -0.15) is 0 Å². The van der Waals surface area contributed by atoms with Crippen LogP contribution in [0.25, 0.3) is 0 Å². The molecule has 3 unspecified atom stereocenters. The summed E-state index contributed by atoms with van der Waals surface area (Å²) >= 11 is 0. The zero-order valence-electron chi connectivity index (χ0n) is 6.17. The second-order valence-corrected chi connectivity index (χ2v) is 3.31. The molecule has 0 aromatic carbocycles. The first-order valence-electron chi connectivity index (χ1n) is 3.64. The molecule has 4 atom stereocenters. The van der Waals surface area contributed by atoms with Crippen LogP contribution in [0.15, 0.2) is 0 Å². The van der Waals surface area contributed by atoms with Crippen molar-refractivity contribution in [3.8, 4) is 0 Å². The van der Waals surface area contributed by atoms with Gasteiger partial charge in [-0.1, -0.05) is 26.1 Å². The number of hydrogen-bond acceptors (Lipinski definition) is 1. The van der Waals surface area contributed by atoms with Crippen LogP contribution in [-0.2, 0) is 0 Å². The van der Waals surface area contributed by atoms with Crippen molar-refractivity contribution in [1.82, 2.24) is 0 Å². The number of rotatable bonds is 0. The predicted octanol–water partition coefficient (Wildman–Crippen LogP) is 0.947. The maximum absolute atomic E-state index is 5.83. The third-order valence-electron chi connectivity index (χ3n) is 2.58. The monoisotopic (exact) mass is 123 g/mol. The zero-order chi connectivity index (χ0) is 7.02. The second kappa shape index (κ2) is 2.33. The molecule has 9 heavy (non-hydrogen) atoms. The van der Waals surface area contributed by atoms with Crippen LogP contribution in [0.4, 0.5) is 0 Å². The molecule has 0 aliphatic heterocycles. The zero-order valence-corrected chi connectivity index (χ0v) is 6.17. The Kier molecular flexibility index (Phi) is 1.85. The van der Waals surface area contributed by atoms with E-state index in [2.05, 4.69) is 13.8 Å². The van der Waals surface area contributed by atoms with E-state index in [-0.39, 0.29) is 0 Å². The summed E-state index contributed by atoms with van der Waals surface area (Å²) in [5.74, 6) is 1.48. The van der Waals surface area contributed by atoms with Gasteiger partial charge in [-0.05, 0) is 11.8 Å². The van der Waals surface area contributed by atoms with Crippen LogP contribution < -0.4 is 5.73 Å². The second-order valence-electron chi connectivity index (χ2n) is 3.31. The molecule has 0 bridgehead atoms. The third kappa shape index (κ3) is 1.13. The van der Waals surface area contributed by atoms with E-state index in [1.165, 1.54) is 0 Å². The van der Waals surface area contributed by atoms with E-state index in [0.29, 0.717) is 23.7 Å². The van der Waals surface area contributed by atoms with Gasteiger partial charge in [0.05, 0.1) is 7.85 Å². The van der Waals surface area contributed by atoms with Crippen molar-refractivity contribution in [2.75, 3.05) is 0 Å². The molecule has 0 spiro atoms. The summed E-state index contributed by atoms with van der Waals surface area (Å²) in [6.45, 7) is 4.31. The summed E-state index contributed by atoms with van der Waals surface area (Å²) in [5.41, 5.74) is 5.83. The minimum Gasteiger partial charge on any atom is -0.327 e. The first-order chi connectivity index (χ1) is 4.13. The highest BCUT2D eigenvalue weighted by Crippen LogP contribution is 2.36. The van der Waals surface area contributed by atoms with E-state index in [9.17, 15) is 0 Å². The molecule has 2 radical (unpaired) electrons. The molecule has 50 valence electrons. The van der Waals surface area contributed by atoms with E-state index < -0.39 is 0 Å². The molecule has 1 rings (SSSR count). The Balaban J connectivity index is 2.54. The van der Waals surface area contributed by atoms with Gasteiger partial charge in [0.1, 0.15) is 0 Å². The van der Waals surface area contributed by atoms with Crippen LogP contribution in [0.5, 0.6) is 0 Å². The summed E-state index contributed by atoms with van der Waals surface area (Å²) in [5, 5.41) is 0. The molecular weight excluding hydrogens is 109 g/mol. The van der Waals surface area contributed by atoms with Gasteiger partial charge in [-0.15, -0.1) is 0 Å². The fraction of sp³-hybridized carbons (Fsp3) is 1.00. The standard InChI is InChI=1S/C7H14BN/c1-4-3-6(8)5(2)7(4)9/h4-7H,3,9H2,1-2H3/t4?,5?,6?,7-/m0/s1. The Labute approximate surface area is 58.4 Å². The van der Waals surface area contributed by atoms with Gasteiger partial charge in [-0.25, -0.2) is 0 Å². The van der Waals surface area contributed by atoms with Crippen LogP contribution in [0, 0.1) is 11.8 Å². The van der Waals surface area contributed by atoms with Gasteiger partial charge in [-0.3, -0.25) is 0 Å². The largest absolute Gasteiger partial charge is 0.327 e. The molecule has 1 fully saturated rings. The topological polar surface area (TPSA) is 26.0 Å². The molecule has 1 aliphatic carbocycles. The minimum absolute atomic E-state index is 0.333. The highest BCUT2D eigenvalue weighted by atomic mass is 14.7. The van der Waals surface area contributed by atoms with Crippen molar-refractivity contribution in [2.45, 2.75) is 32.1 Å². The molecule has 1 nitrogen and oxygen atoms in total. The predicted molar refractivity (Wildman–Crippen MR) is 40.4 cm³/mol. The van der Waals surface area contributed by atoms with E-state index in [1.807, 2.05) is 0 Å². The van der Waals surface area contributed by atoms with Crippen LogP contribution in [0.2, 0.25) is 5.82 Å². The molecule has 1 aliphatic rings. The quantitative estimate of drug-likeness (QED) is 0.476. The molecule has 0 saturated heterocycles. The molecular formula is C7H14BN. The fourth-order valence-corrected chi connectivity index (χ4v) is 1.60. The minimum atomic E-state index is 0.333. The summed E-state index contributed by atoms with van der Waals surface area (Å²) in [6.07, 6.45) is 1.10. The van der Waals surface area contributed by atoms with E-state index in [0.717, 1.165) is 6.42 Å². The van der Waals surface area contributed by atoms with Crippen LogP contribution in [0.3, 0.4) is 0 Å². The first-order valence-corrected chi connectivity index (χ1v) is 3.64. The molecule has 0 amide bonds. The van der Waals surface area contributed by atoms with Crippen LogP contribution >= 0.6 is 0 Å². The van der Waals surface area contributed by atoms with Crippen molar-refractivity contribution < 1.29 is 0 Å². The first kappa shape index (κ1) is 7.14. The van der Waals surface area contributed by atoms with E-state index in [1.54, 1.807) is 0 Å². The summed E-state index contributed by atoms with van der Waals surface area (Å²) in [4.78, 5) is 0. The lowest BCUT2D eigenvalue weighted by molar-refractivity contribution is 0.456. The van der Waals surface area contributed by atoms with Crippen LogP contribution in [-0.4, -0.2) is 13.9 Å². The molecule has 0 aromatic rings. The molecule has 1 saturated carbocycles. The normalized spacial score (nSPS) is 51.9. The average molecular weight is 123 g/mol. The lowest BCUT2D eigenvalue weighted by atomic mass is 9.79. The number of nitrogens with two attached hydrogens (primary N) is 1. The lowest BCUT2D eigenvalue weighted by Gasteiger charge is -2.14. The van der Waals surface area contributed by atoms with Gasteiger partial charge in [0.15, 0.2) is 0 Å².